The van der Waals surface area contributed by atoms with Crippen molar-refractivity contribution in [1.82, 2.24) is 0 Å². The minimum atomic E-state index is -5.04. The number of nitrogens with zero attached hydrogens (tertiary/aromatic N) is 1. The number of rotatable bonds is 2. The zero-order valence-electron chi connectivity index (χ0n) is 16.0. The van der Waals surface area contributed by atoms with Gasteiger partial charge in [0.25, 0.3) is 5.91 Å². The molecule has 0 saturated heterocycles. The molecule has 31 heavy (non-hydrogen) atoms. The van der Waals surface area contributed by atoms with Crippen LogP contribution in [0.3, 0.4) is 0 Å². The van der Waals surface area contributed by atoms with Gasteiger partial charge in [0, 0.05) is 24.2 Å². The van der Waals surface area contributed by atoms with Crippen molar-refractivity contribution in [3.63, 3.8) is 0 Å². The molecule has 2 aliphatic rings. The van der Waals surface area contributed by atoms with Crippen LogP contribution in [0.4, 0.5) is 37.7 Å². The average Bonchev–Trinajstić information content (AvgIpc) is 2.69. The van der Waals surface area contributed by atoms with Gasteiger partial charge in [-0.3, -0.25) is 9.59 Å². The van der Waals surface area contributed by atoms with E-state index in [9.17, 15) is 35.9 Å². The number of halogens is 6. The zero-order valence-corrected chi connectivity index (χ0v) is 16.0. The molecule has 2 aromatic carbocycles. The second-order valence-corrected chi connectivity index (χ2v) is 7.54. The van der Waals surface area contributed by atoms with Gasteiger partial charge in [-0.05, 0) is 60.7 Å². The Morgan fingerprint density at radius 3 is 2.00 bits per heavy atom. The molecule has 0 saturated carbocycles. The van der Waals surface area contributed by atoms with Crippen LogP contribution < -0.4 is 10.2 Å². The van der Waals surface area contributed by atoms with Crippen molar-refractivity contribution < 1.29 is 35.9 Å². The number of nitrogens with one attached hydrogen (secondary N) is 1. The first-order chi connectivity index (χ1) is 14.4. The quantitative estimate of drug-likeness (QED) is 0.650. The van der Waals surface area contributed by atoms with Crippen LogP contribution in [-0.2, 0) is 30.0 Å². The Balaban J connectivity index is 1.69. The molecule has 2 aromatic rings. The smallest absolute Gasteiger partial charge is 0.322 e. The molecule has 0 atom stereocenters. The molecule has 2 aliphatic heterocycles. The molecule has 0 fully saturated rings. The predicted molar refractivity (Wildman–Crippen MR) is 99.8 cm³/mol. The van der Waals surface area contributed by atoms with Gasteiger partial charge in [0.05, 0.1) is 16.8 Å². The van der Waals surface area contributed by atoms with Crippen LogP contribution in [-0.4, -0.2) is 18.4 Å². The second kappa shape index (κ2) is 7.28. The standard InChI is InChI=1S/C21H16F6N2O2/c22-20(23,24)14-6-13(7-15(10-14)21(25,26)27)19(31)28-16-8-11-2-1-5-29-17(30)4-3-12(9-16)18(11)29/h6-10H,1-5H2,(H,28,31). The molecule has 2 heterocycles. The van der Waals surface area contributed by atoms with Crippen molar-refractivity contribution >= 4 is 23.2 Å². The second-order valence-electron chi connectivity index (χ2n) is 7.54. The number of hydrogen-bond acceptors (Lipinski definition) is 2. The van der Waals surface area contributed by atoms with E-state index in [1.807, 2.05) is 0 Å². The van der Waals surface area contributed by atoms with Crippen molar-refractivity contribution in [2.45, 2.75) is 38.0 Å². The van der Waals surface area contributed by atoms with E-state index in [-0.39, 0.29) is 17.7 Å². The third-order valence-electron chi connectivity index (χ3n) is 5.38. The van der Waals surface area contributed by atoms with Gasteiger partial charge in [0.15, 0.2) is 0 Å². The van der Waals surface area contributed by atoms with Crippen molar-refractivity contribution in [1.29, 1.82) is 0 Å². The lowest BCUT2D eigenvalue weighted by molar-refractivity contribution is -0.143. The van der Waals surface area contributed by atoms with Gasteiger partial charge in [-0.25, -0.2) is 0 Å². The monoisotopic (exact) mass is 442 g/mol. The van der Waals surface area contributed by atoms with E-state index in [4.69, 9.17) is 0 Å². The highest BCUT2D eigenvalue weighted by Gasteiger charge is 2.37. The Kier molecular flexibility index (Phi) is 4.98. The molecule has 1 N–H and O–H groups in total. The summed E-state index contributed by atoms with van der Waals surface area (Å²) in [6, 6.07) is 3.99. The fraction of sp³-hybridized carbons (Fsp3) is 0.333. The van der Waals surface area contributed by atoms with E-state index < -0.39 is 35.0 Å². The van der Waals surface area contributed by atoms with E-state index in [2.05, 4.69) is 5.32 Å². The normalized spacial score (nSPS) is 16.2. The molecule has 4 nitrogen and oxygen atoms in total. The summed E-state index contributed by atoms with van der Waals surface area (Å²) in [6.07, 6.45) is -7.96. The first-order valence-electron chi connectivity index (χ1n) is 9.50. The molecule has 164 valence electrons. The fourth-order valence-corrected chi connectivity index (χ4v) is 4.01. The zero-order chi connectivity index (χ0) is 22.6. The minimum Gasteiger partial charge on any atom is -0.322 e. The van der Waals surface area contributed by atoms with Crippen LogP contribution in [0.1, 0.15) is 45.5 Å². The SMILES string of the molecule is O=C(Nc1cc2c3c(c1)CCC(=O)N3CCC2)c1cc(C(F)(F)F)cc(C(F)(F)F)c1. The fourth-order valence-electron chi connectivity index (χ4n) is 4.01. The molecular weight excluding hydrogens is 426 g/mol. The molecule has 2 amide bonds. The number of alkyl halides is 6. The van der Waals surface area contributed by atoms with Crippen molar-refractivity contribution in [2.24, 2.45) is 0 Å². The Morgan fingerprint density at radius 1 is 0.839 bits per heavy atom. The Labute approximate surface area is 172 Å². The lowest BCUT2D eigenvalue weighted by Gasteiger charge is -2.35. The third kappa shape index (κ3) is 4.11. The number of benzene rings is 2. The largest absolute Gasteiger partial charge is 0.416 e. The number of amides is 2. The van der Waals surface area contributed by atoms with Crippen molar-refractivity contribution in [3.05, 3.63) is 58.1 Å². The number of anilines is 2. The van der Waals surface area contributed by atoms with Crippen LogP contribution in [0.5, 0.6) is 0 Å². The third-order valence-corrected chi connectivity index (χ3v) is 5.38. The van der Waals surface area contributed by atoms with Crippen LogP contribution in [0.15, 0.2) is 30.3 Å². The van der Waals surface area contributed by atoms with Gasteiger partial charge < -0.3 is 10.2 Å². The van der Waals surface area contributed by atoms with E-state index in [0.717, 1.165) is 23.2 Å². The molecule has 0 aliphatic carbocycles. The maximum atomic E-state index is 13.1. The van der Waals surface area contributed by atoms with E-state index in [1.54, 1.807) is 17.0 Å². The Morgan fingerprint density at radius 2 is 1.42 bits per heavy atom. The highest BCUT2D eigenvalue weighted by molar-refractivity contribution is 6.05. The summed E-state index contributed by atoms with van der Waals surface area (Å²) >= 11 is 0. The summed E-state index contributed by atoms with van der Waals surface area (Å²) in [5.74, 6) is -1.07. The summed E-state index contributed by atoms with van der Waals surface area (Å²) < 4.78 is 78.3. The van der Waals surface area contributed by atoms with Crippen LogP contribution >= 0.6 is 0 Å². The predicted octanol–water partition coefficient (Wildman–Crippen LogP) is 5.20. The summed E-state index contributed by atoms with van der Waals surface area (Å²) in [5, 5.41) is 2.41. The van der Waals surface area contributed by atoms with Crippen LogP contribution in [0.2, 0.25) is 0 Å². The first kappa shape index (κ1) is 21.2. The summed E-state index contributed by atoms with van der Waals surface area (Å²) in [6.45, 7) is 0.592. The number of aryl methyl sites for hydroxylation is 2. The molecule has 0 aromatic heterocycles. The van der Waals surface area contributed by atoms with Gasteiger partial charge in [-0.2, -0.15) is 26.3 Å². The summed E-state index contributed by atoms with van der Waals surface area (Å²) in [4.78, 5) is 26.4. The van der Waals surface area contributed by atoms with Crippen molar-refractivity contribution in [3.8, 4) is 0 Å². The Bertz CT molecular complexity index is 1030. The van der Waals surface area contributed by atoms with E-state index in [0.29, 0.717) is 37.9 Å². The molecule has 0 unspecified atom stereocenters. The number of carbonyl (C=O) groups is 2. The molecular formula is C21H16F6N2O2. The molecule has 0 spiro atoms. The van der Waals surface area contributed by atoms with Gasteiger partial charge >= 0.3 is 12.4 Å². The molecule has 10 heteroatoms. The van der Waals surface area contributed by atoms with Crippen LogP contribution in [0, 0.1) is 0 Å². The van der Waals surface area contributed by atoms with Gasteiger partial charge in [0.1, 0.15) is 0 Å². The molecule has 4 rings (SSSR count). The highest BCUT2D eigenvalue weighted by Crippen LogP contribution is 2.39. The summed E-state index contributed by atoms with van der Waals surface area (Å²) in [7, 11) is 0. The maximum Gasteiger partial charge on any atom is 0.416 e. The van der Waals surface area contributed by atoms with Crippen LogP contribution in [0.25, 0.3) is 0 Å². The average molecular weight is 442 g/mol. The van der Waals surface area contributed by atoms with Gasteiger partial charge in [0.2, 0.25) is 5.91 Å². The maximum absolute atomic E-state index is 13.1. The van der Waals surface area contributed by atoms with E-state index >= 15 is 0 Å². The Hall–Kier alpha value is -3.04. The lowest BCUT2D eigenvalue weighted by atomic mass is 9.91. The lowest BCUT2D eigenvalue weighted by Crippen LogP contribution is -2.39. The summed E-state index contributed by atoms with van der Waals surface area (Å²) in [5.41, 5.74) is -1.17. The number of carbonyl (C=O) groups excluding carboxylic acids is 2. The number of hydrogen-bond donors (Lipinski definition) is 1. The first-order valence-corrected chi connectivity index (χ1v) is 9.50. The minimum absolute atomic E-state index is 0.00822. The van der Waals surface area contributed by atoms with Gasteiger partial charge in [-0.1, -0.05) is 0 Å². The van der Waals surface area contributed by atoms with Gasteiger partial charge in [-0.15, -0.1) is 0 Å². The van der Waals surface area contributed by atoms with E-state index in [1.165, 1.54) is 0 Å². The molecule has 0 bridgehead atoms. The molecule has 0 radical (unpaired) electrons. The highest BCUT2D eigenvalue weighted by atomic mass is 19.4. The topological polar surface area (TPSA) is 49.4 Å². The van der Waals surface area contributed by atoms with Crippen molar-refractivity contribution in [2.75, 3.05) is 16.8 Å².